The van der Waals surface area contributed by atoms with Crippen LogP contribution in [0.15, 0.2) is 53.8 Å². The Morgan fingerprint density at radius 3 is 2.43 bits per heavy atom. The van der Waals surface area contributed by atoms with E-state index >= 15 is 0 Å². The molecule has 1 fully saturated rings. The van der Waals surface area contributed by atoms with Gasteiger partial charge in [-0.25, -0.2) is 28.4 Å². The van der Waals surface area contributed by atoms with Crippen LogP contribution < -0.4 is 10.2 Å². The highest BCUT2D eigenvalue weighted by Crippen LogP contribution is 2.33. The summed E-state index contributed by atoms with van der Waals surface area (Å²) in [4.78, 5) is 35.0. The second kappa shape index (κ2) is 11.2. The Bertz CT molecular complexity index is 1760. The highest BCUT2D eigenvalue weighted by atomic mass is 32.2. The van der Waals surface area contributed by atoms with E-state index in [1.807, 2.05) is 26.0 Å². The number of carbonyl (C=O) groups is 1. The summed E-state index contributed by atoms with van der Waals surface area (Å²) in [6, 6.07) is 7.75. The summed E-state index contributed by atoms with van der Waals surface area (Å²) in [5, 5.41) is 3.27. The van der Waals surface area contributed by atoms with Crippen molar-refractivity contribution in [1.82, 2.24) is 30.2 Å². The number of rotatable bonds is 6. The molecular weight excluding hydrogens is 575 g/mol. The Labute approximate surface area is 239 Å². The SMILES string of the molecule is C[C@@H]1CN(c2nccc(-c3ccc4cnc(CNC(=O)c5cnc(C(F)(F)F)c(S(C)(=O)=O)c5)cc4n3)n2)C[C@H](C)O1. The van der Waals surface area contributed by atoms with E-state index in [4.69, 9.17) is 14.7 Å². The molecule has 220 valence electrons. The number of hydrogen-bond acceptors (Lipinski definition) is 10. The standard InChI is InChI=1S/C27H26F3N7O4S/c1-15-13-37(14-16(2)41-15)26-31-7-6-21(36-26)20-5-4-17-10-32-19(9-22(17)35-20)12-34-25(38)18-8-23(42(3,39)40)24(33-11-18)27(28,29)30/h4-11,15-16H,12-14H2,1-3H3,(H,34,38)/t15-,16+. The molecule has 42 heavy (non-hydrogen) atoms. The molecule has 4 aromatic rings. The fourth-order valence-corrected chi connectivity index (χ4v) is 5.48. The Kier molecular flexibility index (Phi) is 7.81. The lowest BCUT2D eigenvalue weighted by Crippen LogP contribution is -2.46. The summed E-state index contributed by atoms with van der Waals surface area (Å²) in [5.74, 6) is -0.240. The monoisotopic (exact) mass is 601 g/mol. The average molecular weight is 602 g/mol. The number of aromatic nitrogens is 5. The van der Waals surface area contributed by atoms with Crippen LogP contribution in [0.25, 0.3) is 22.3 Å². The first kappa shape index (κ1) is 29.3. The molecule has 1 saturated heterocycles. The van der Waals surface area contributed by atoms with Crippen LogP contribution in [0.2, 0.25) is 0 Å². The first-order valence-corrected chi connectivity index (χ1v) is 14.7. The Morgan fingerprint density at radius 1 is 1.02 bits per heavy atom. The molecule has 0 radical (unpaired) electrons. The van der Waals surface area contributed by atoms with E-state index in [9.17, 15) is 26.4 Å². The van der Waals surface area contributed by atoms with Crippen LogP contribution in [0.1, 0.15) is 35.6 Å². The molecule has 0 aliphatic carbocycles. The fraction of sp³-hybridized carbons (Fsp3) is 0.333. The van der Waals surface area contributed by atoms with E-state index in [2.05, 4.69) is 25.2 Å². The number of anilines is 1. The summed E-state index contributed by atoms with van der Waals surface area (Å²) >= 11 is 0. The number of carbonyl (C=O) groups excluding carboxylic acids is 1. The minimum absolute atomic E-state index is 0.0449. The molecule has 1 aliphatic rings. The van der Waals surface area contributed by atoms with Crippen LogP contribution in [0, 0.1) is 0 Å². The molecule has 4 aromatic heterocycles. The largest absolute Gasteiger partial charge is 0.434 e. The maximum atomic E-state index is 13.2. The molecule has 0 spiro atoms. The smallest absolute Gasteiger partial charge is 0.372 e. The zero-order chi connectivity index (χ0) is 30.2. The Balaban J connectivity index is 1.35. The quantitative estimate of drug-likeness (QED) is 0.350. The maximum Gasteiger partial charge on any atom is 0.434 e. The average Bonchev–Trinajstić information content (AvgIpc) is 2.93. The predicted octanol–water partition coefficient (Wildman–Crippen LogP) is 3.45. The third-order valence-electron chi connectivity index (χ3n) is 6.45. The van der Waals surface area contributed by atoms with Gasteiger partial charge in [0.1, 0.15) is 0 Å². The molecule has 1 aliphatic heterocycles. The van der Waals surface area contributed by atoms with Crippen molar-refractivity contribution in [1.29, 1.82) is 0 Å². The number of sulfone groups is 1. The van der Waals surface area contributed by atoms with Crippen molar-refractivity contribution in [3.05, 3.63) is 65.9 Å². The Morgan fingerprint density at radius 2 is 1.74 bits per heavy atom. The lowest BCUT2D eigenvalue weighted by Gasteiger charge is -2.35. The van der Waals surface area contributed by atoms with E-state index in [1.54, 1.807) is 24.5 Å². The van der Waals surface area contributed by atoms with Gasteiger partial charge < -0.3 is 15.0 Å². The topological polar surface area (TPSA) is 140 Å². The number of morpholine rings is 1. The summed E-state index contributed by atoms with van der Waals surface area (Å²) in [6.07, 6.45) is -0.354. The molecule has 5 heterocycles. The third kappa shape index (κ3) is 6.46. The molecule has 11 nitrogen and oxygen atoms in total. The third-order valence-corrected chi connectivity index (χ3v) is 7.56. The number of hydrogen-bond donors (Lipinski definition) is 1. The second-order valence-electron chi connectivity index (χ2n) is 9.99. The van der Waals surface area contributed by atoms with E-state index < -0.39 is 32.5 Å². The van der Waals surface area contributed by atoms with E-state index in [0.29, 0.717) is 60.2 Å². The lowest BCUT2D eigenvalue weighted by molar-refractivity contribution is -0.143. The van der Waals surface area contributed by atoms with Crippen LogP contribution in [0.4, 0.5) is 19.1 Å². The number of amides is 1. The van der Waals surface area contributed by atoms with Crippen molar-refractivity contribution < 1.29 is 31.1 Å². The maximum absolute atomic E-state index is 13.2. The number of nitrogens with one attached hydrogen (secondary N) is 1. The van der Waals surface area contributed by atoms with E-state index in [0.717, 1.165) is 5.39 Å². The fourth-order valence-electron chi connectivity index (χ4n) is 4.62. The minimum atomic E-state index is -5.00. The van der Waals surface area contributed by atoms with Crippen molar-refractivity contribution in [2.45, 2.75) is 43.7 Å². The van der Waals surface area contributed by atoms with Gasteiger partial charge in [0.25, 0.3) is 5.91 Å². The number of pyridine rings is 3. The van der Waals surface area contributed by atoms with Gasteiger partial charge in [0.15, 0.2) is 15.5 Å². The van der Waals surface area contributed by atoms with Crippen LogP contribution in [-0.2, 0) is 27.3 Å². The van der Waals surface area contributed by atoms with Crippen molar-refractivity contribution in [3.8, 4) is 11.4 Å². The molecule has 0 saturated carbocycles. The number of ether oxygens (including phenoxy) is 1. The first-order chi connectivity index (χ1) is 19.8. The van der Waals surface area contributed by atoms with Gasteiger partial charge in [-0.1, -0.05) is 0 Å². The molecule has 1 amide bonds. The zero-order valence-electron chi connectivity index (χ0n) is 22.8. The number of alkyl halides is 3. The first-order valence-electron chi connectivity index (χ1n) is 12.8. The van der Waals surface area contributed by atoms with Gasteiger partial charge in [0, 0.05) is 43.3 Å². The normalized spacial score (nSPS) is 17.8. The number of nitrogens with zero attached hydrogens (tertiary/aromatic N) is 6. The number of fused-ring (bicyclic) bond motifs is 1. The van der Waals surface area contributed by atoms with Gasteiger partial charge >= 0.3 is 6.18 Å². The molecule has 0 bridgehead atoms. The molecule has 1 N–H and O–H groups in total. The van der Waals surface area contributed by atoms with Crippen molar-refractivity contribution in [3.63, 3.8) is 0 Å². The summed E-state index contributed by atoms with van der Waals surface area (Å²) in [6.45, 7) is 5.23. The van der Waals surface area contributed by atoms with E-state index in [-0.39, 0.29) is 24.3 Å². The summed E-state index contributed by atoms with van der Waals surface area (Å²) < 4.78 is 69.3. The van der Waals surface area contributed by atoms with Crippen LogP contribution in [0.5, 0.6) is 0 Å². The molecule has 0 aromatic carbocycles. The number of halogens is 3. The van der Waals surface area contributed by atoms with Gasteiger partial charge in [0.2, 0.25) is 5.95 Å². The van der Waals surface area contributed by atoms with Crippen LogP contribution in [0.3, 0.4) is 0 Å². The van der Waals surface area contributed by atoms with Crippen molar-refractivity contribution in [2.24, 2.45) is 0 Å². The molecule has 15 heteroatoms. The summed E-state index contributed by atoms with van der Waals surface area (Å²) in [5.41, 5.74) is 0.305. The molecule has 2 atom stereocenters. The van der Waals surface area contributed by atoms with Gasteiger partial charge in [-0.2, -0.15) is 13.2 Å². The van der Waals surface area contributed by atoms with Gasteiger partial charge in [-0.15, -0.1) is 0 Å². The molecular formula is C27H26F3N7O4S. The summed E-state index contributed by atoms with van der Waals surface area (Å²) in [7, 11) is -4.31. The minimum Gasteiger partial charge on any atom is -0.372 e. The van der Waals surface area contributed by atoms with Crippen molar-refractivity contribution >= 4 is 32.6 Å². The highest BCUT2D eigenvalue weighted by molar-refractivity contribution is 7.90. The van der Waals surface area contributed by atoms with Gasteiger partial charge in [-0.3, -0.25) is 9.78 Å². The zero-order valence-corrected chi connectivity index (χ0v) is 23.6. The van der Waals surface area contributed by atoms with Crippen LogP contribution >= 0.6 is 0 Å². The van der Waals surface area contributed by atoms with Crippen LogP contribution in [-0.4, -0.2) is 70.8 Å². The van der Waals surface area contributed by atoms with Gasteiger partial charge in [0.05, 0.1) is 51.8 Å². The molecule has 0 unspecified atom stereocenters. The van der Waals surface area contributed by atoms with Crippen molar-refractivity contribution in [2.75, 3.05) is 24.2 Å². The second-order valence-corrected chi connectivity index (χ2v) is 12.0. The van der Waals surface area contributed by atoms with Gasteiger partial charge in [-0.05, 0) is 44.2 Å². The predicted molar refractivity (Wildman–Crippen MR) is 146 cm³/mol. The molecule has 5 rings (SSSR count). The highest BCUT2D eigenvalue weighted by Gasteiger charge is 2.38. The lowest BCUT2D eigenvalue weighted by atomic mass is 10.2. The van der Waals surface area contributed by atoms with E-state index in [1.165, 1.54) is 0 Å². The Hall–Kier alpha value is -4.24.